The van der Waals surface area contributed by atoms with E-state index in [-0.39, 0.29) is 17.4 Å². The molecule has 2 fully saturated rings. The van der Waals surface area contributed by atoms with Crippen molar-refractivity contribution in [2.45, 2.75) is 50.6 Å². The van der Waals surface area contributed by atoms with Gasteiger partial charge in [-0.25, -0.2) is 8.78 Å². The van der Waals surface area contributed by atoms with Crippen molar-refractivity contribution in [1.29, 1.82) is 0 Å². The van der Waals surface area contributed by atoms with Gasteiger partial charge in [-0.1, -0.05) is 12.8 Å². The van der Waals surface area contributed by atoms with Crippen LogP contribution in [0.2, 0.25) is 0 Å². The van der Waals surface area contributed by atoms with Crippen molar-refractivity contribution >= 4 is 5.78 Å². The lowest BCUT2D eigenvalue weighted by Crippen LogP contribution is -2.52. The van der Waals surface area contributed by atoms with Crippen LogP contribution in [0.1, 0.15) is 48.9 Å². The maximum atomic E-state index is 13.7. The maximum absolute atomic E-state index is 13.7. The summed E-state index contributed by atoms with van der Waals surface area (Å²) in [6.45, 7) is 0. The van der Waals surface area contributed by atoms with Gasteiger partial charge in [0.25, 0.3) is 0 Å². The molecule has 0 amide bonds. The Kier molecular flexibility index (Phi) is 3.83. The molecule has 1 aromatic rings. The number of carbonyl (C=O) groups excluding carboxylic acids is 1. The molecule has 3 atom stereocenters. The molecule has 4 heteroatoms. The fourth-order valence-electron chi connectivity index (χ4n) is 3.58. The van der Waals surface area contributed by atoms with Crippen LogP contribution in [0.3, 0.4) is 0 Å². The van der Waals surface area contributed by atoms with E-state index in [4.69, 9.17) is 0 Å². The lowest BCUT2D eigenvalue weighted by Gasteiger charge is -2.40. The Hall–Kier alpha value is -1.29. The third kappa shape index (κ3) is 2.62. The minimum Gasteiger partial charge on any atom is -0.304 e. The third-order valence-corrected chi connectivity index (χ3v) is 4.66. The first kappa shape index (κ1) is 13.7. The van der Waals surface area contributed by atoms with E-state index in [1.165, 1.54) is 25.3 Å². The Balaban J connectivity index is 1.74. The molecule has 1 aliphatic carbocycles. The zero-order valence-corrected chi connectivity index (χ0v) is 11.4. The molecule has 3 rings (SSSR count). The first-order valence-electron chi connectivity index (χ1n) is 7.40. The summed E-state index contributed by atoms with van der Waals surface area (Å²) in [5.74, 6) is -0.997. The Morgan fingerprint density at radius 1 is 1.10 bits per heavy atom. The van der Waals surface area contributed by atoms with Gasteiger partial charge >= 0.3 is 0 Å². The number of nitrogens with one attached hydrogen (secondary N) is 1. The van der Waals surface area contributed by atoms with Crippen LogP contribution in [0.5, 0.6) is 0 Å². The number of benzene rings is 1. The van der Waals surface area contributed by atoms with Crippen LogP contribution in [0, 0.1) is 17.6 Å². The van der Waals surface area contributed by atoms with Crippen molar-refractivity contribution in [3.05, 3.63) is 35.4 Å². The maximum Gasteiger partial charge on any atom is 0.182 e. The second kappa shape index (κ2) is 5.60. The van der Waals surface area contributed by atoms with E-state index < -0.39 is 11.6 Å². The highest BCUT2D eigenvalue weighted by atomic mass is 19.1. The van der Waals surface area contributed by atoms with Gasteiger partial charge in [-0.05, 0) is 43.7 Å². The van der Waals surface area contributed by atoms with Gasteiger partial charge in [-0.3, -0.25) is 4.79 Å². The van der Waals surface area contributed by atoms with Crippen LogP contribution in [-0.4, -0.2) is 17.9 Å². The molecule has 1 saturated carbocycles. The Bertz CT molecular complexity index is 517. The van der Waals surface area contributed by atoms with E-state index in [1.807, 2.05) is 0 Å². The summed E-state index contributed by atoms with van der Waals surface area (Å²) >= 11 is 0. The predicted molar refractivity (Wildman–Crippen MR) is 72.6 cm³/mol. The van der Waals surface area contributed by atoms with Gasteiger partial charge < -0.3 is 5.32 Å². The molecule has 0 bridgehead atoms. The quantitative estimate of drug-likeness (QED) is 0.840. The first-order chi connectivity index (χ1) is 9.65. The standard InChI is InChI=1S/C16H19F2NO/c17-11-6-7-12(13(18)9-11)16(20)15-8-5-10-3-1-2-4-14(10)19-15/h6-7,9-10,14-15,19H,1-5,8H2. The molecule has 1 N–H and O–H groups in total. The van der Waals surface area contributed by atoms with Gasteiger partial charge in [0, 0.05) is 12.1 Å². The summed E-state index contributed by atoms with van der Waals surface area (Å²) in [6.07, 6.45) is 6.56. The topological polar surface area (TPSA) is 29.1 Å². The fourth-order valence-corrected chi connectivity index (χ4v) is 3.58. The number of ketones is 1. The number of hydrogen-bond donors (Lipinski definition) is 1. The van der Waals surface area contributed by atoms with Gasteiger partial charge in [0.05, 0.1) is 11.6 Å². The normalized spacial score (nSPS) is 29.8. The average Bonchev–Trinajstić information content (AvgIpc) is 2.46. The first-order valence-corrected chi connectivity index (χ1v) is 7.40. The van der Waals surface area contributed by atoms with E-state index in [9.17, 15) is 13.6 Å². The molecule has 0 radical (unpaired) electrons. The highest BCUT2D eigenvalue weighted by molar-refractivity contribution is 6.00. The van der Waals surface area contributed by atoms with Crippen LogP contribution in [-0.2, 0) is 0 Å². The molecule has 2 nitrogen and oxygen atoms in total. The molecule has 108 valence electrons. The van der Waals surface area contributed by atoms with Crippen molar-refractivity contribution in [2.75, 3.05) is 0 Å². The molecule has 3 unspecified atom stereocenters. The summed E-state index contributed by atoms with van der Waals surface area (Å²) in [5.41, 5.74) is -0.00170. The molecule has 20 heavy (non-hydrogen) atoms. The summed E-state index contributed by atoms with van der Waals surface area (Å²) in [7, 11) is 0. The number of carbonyl (C=O) groups is 1. The van der Waals surface area contributed by atoms with Crippen molar-refractivity contribution in [3.8, 4) is 0 Å². The summed E-state index contributed by atoms with van der Waals surface area (Å²) < 4.78 is 26.6. The van der Waals surface area contributed by atoms with Crippen LogP contribution >= 0.6 is 0 Å². The second-order valence-corrected chi connectivity index (χ2v) is 5.94. The predicted octanol–water partition coefficient (Wildman–Crippen LogP) is 3.46. The van der Waals surface area contributed by atoms with Crippen LogP contribution in [0.15, 0.2) is 18.2 Å². The van der Waals surface area contributed by atoms with Crippen molar-refractivity contribution in [3.63, 3.8) is 0 Å². The van der Waals surface area contributed by atoms with Gasteiger partial charge in [-0.2, -0.15) is 0 Å². The van der Waals surface area contributed by atoms with Gasteiger partial charge in [-0.15, -0.1) is 0 Å². The van der Waals surface area contributed by atoms with Crippen LogP contribution in [0.4, 0.5) is 8.78 Å². The number of Topliss-reactive ketones (excluding diaryl/α,β-unsaturated/α-hetero) is 1. The highest BCUT2D eigenvalue weighted by Gasteiger charge is 2.35. The molecular weight excluding hydrogens is 260 g/mol. The molecule has 0 spiro atoms. The molecule has 1 aromatic carbocycles. The number of hydrogen-bond acceptors (Lipinski definition) is 2. The van der Waals surface area contributed by atoms with Gasteiger partial charge in [0.15, 0.2) is 5.78 Å². The number of rotatable bonds is 2. The van der Waals surface area contributed by atoms with E-state index in [1.54, 1.807) is 0 Å². The second-order valence-electron chi connectivity index (χ2n) is 5.94. The number of fused-ring (bicyclic) bond motifs is 1. The largest absolute Gasteiger partial charge is 0.304 e. The fraction of sp³-hybridized carbons (Fsp3) is 0.562. The zero-order chi connectivity index (χ0) is 14.1. The van der Waals surface area contributed by atoms with Crippen molar-refractivity contribution in [1.82, 2.24) is 5.32 Å². The summed E-state index contributed by atoms with van der Waals surface area (Å²) in [4.78, 5) is 12.4. The Morgan fingerprint density at radius 3 is 2.70 bits per heavy atom. The van der Waals surface area contributed by atoms with Gasteiger partial charge in [0.1, 0.15) is 11.6 Å². The SMILES string of the molecule is O=C(c1ccc(F)cc1F)C1CCC2CCCCC2N1. The van der Waals surface area contributed by atoms with Crippen molar-refractivity contribution in [2.24, 2.45) is 5.92 Å². The van der Waals surface area contributed by atoms with Crippen LogP contribution in [0.25, 0.3) is 0 Å². The lowest BCUT2D eigenvalue weighted by molar-refractivity contribution is 0.0857. The lowest BCUT2D eigenvalue weighted by atomic mass is 9.77. The molecule has 1 aliphatic heterocycles. The monoisotopic (exact) mass is 279 g/mol. The number of halogens is 2. The average molecular weight is 279 g/mol. The molecule has 2 aliphatic rings. The molecule has 1 saturated heterocycles. The van der Waals surface area contributed by atoms with E-state index in [0.29, 0.717) is 12.0 Å². The van der Waals surface area contributed by atoms with E-state index >= 15 is 0 Å². The van der Waals surface area contributed by atoms with E-state index in [2.05, 4.69) is 5.32 Å². The highest BCUT2D eigenvalue weighted by Crippen LogP contribution is 2.33. The minimum absolute atomic E-state index is 0.00170. The Morgan fingerprint density at radius 2 is 1.90 bits per heavy atom. The van der Waals surface area contributed by atoms with E-state index in [0.717, 1.165) is 31.4 Å². The zero-order valence-electron chi connectivity index (χ0n) is 11.4. The molecule has 0 aromatic heterocycles. The summed E-state index contributed by atoms with van der Waals surface area (Å²) in [6, 6.07) is 3.23. The summed E-state index contributed by atoms with van der Waals surface area (Å²) in [5, 5.41) is 3.39. The molecular formula is C16H19F2NO. The minimum atomic E-state index is -0.762. The van der Waals surface area contributed by atoms with Crippen molar-refractivity contribution < 1.29 is 13.6 Å². The smallest absolute Gasteiger partial charge is 0.182 e. The Labute approximate surface area is 117 Å². The molecule has 1 heterocycles. The van der Waals surface area contributed by atoms with Gasteiger partial charge in [0.2, 0.25) is 0 Å². The number of piperidine rings is 1. The van der Waals surface area contributed by atoms with Crippen LogP contribution < -0.4 is 5.32 Å². The third-order valence-electron chi connectivity index (χ3n) is 4.66.